The Morgan fingerprint density at radius 3 is 2.33 bits per heavy atom. The number of anilines is 1. The summed E-state index contributed by atoms with van der Waals surface area (Å²) in [7, 11) is 4.02. The van der Waals surface area contributed by atoms with Crippen LogP contribution in [-0.4, -0.2) is 29.8 Å². The minimum absolute atomic E-state index is 0.0654. The number of alkyl halides is 1. The molecule has 1 aromatic heterocycles. The van der Waals surface area contributed by atoms with E-state index in [4.69, 9.17) is 11.6 Å². The quantitative estimate of drug-likeness (QED) is 0.663. The Bertz CT molecular complexity index is 901. The average Bonchev–Trinajstić information content (AvgIpc) is 2.61. The topological polar surface area (TPSA) is 38.1 Å². The van der Waals surface area contributed by atoms with Crippen molar-refractivity contribution in [2.75, 3.05) is 24.9 Å². The van der Waals surface area contributed by atoms with Gasteiger partial charge in [-0.25, -0.2) is 4.68 Å². The van der Waals surface area contributed by atoms with Gasteiger partial charge in [0.1, 0.15) is 0 Å². The van der Waals surface area contributed by atoms with Crippen LogP contribution in [0.4, 0.5) is 5.69 Å². The molecule has 24 heavy (non-hydrogen) atoms. The van der Waals surface area contributed by atoms with Gasteiger partial charge in [-0.3, -0.25) is 4.79 Å². The number of aromatic nitrogens is 2. The smallest absolute Gasteiger partial charge is 0.274 e. The molecule has 3 aromatic rings. The fourth-order valence-corrected chi connectivity index (χ4v) is 2.85. The van der Waals surface area contributed by atoms with Crippen LogP contribution in [0.2, 0.25) is 0 Å². The van der Waals surface area contributed by atoms with Crippen molar-refractivity contribution in [1.29, 1.82) is 0 Å². The monoisotopic (exact) mass is 341 g/mol. The maximum atomic E-state index is 12.6. The zero-order valence-corrected chi connectivity index (χ0v) is 14.6. The standard InChI is InChI=1S/C19H20ClN3O/c1-22(2)15-10-8-14(9-11-15)18-16-6-3-4-7-17(16)19(24)23(21-18)13-5-12-20/h3-4,6-11H,5,12-13H2,1-2H3. The number of benzene rings is 2. The highest BCUT2D eigenvalue weighted by Gasteiger charge is 2.12. The third-order valence-electron chi connectivity index (χ3n) is 4.03. The highest BCUT2D eigenvalue weighted by atomic mass is 35.5. The van der Waals surface area contributed by atoms with Gasteiger partial charge in [0.25, 0.3) is 5.56 Å². The molecule has 4 nitrogen and oxygen atoms in total. The van der Waals surface area contributed by atoms with Gasteiger partial charge in [0.05, 0.1) is 11.1 Å². The molecule has 0 aliphatic rings. The largest absolute Gasteiger partial charge is 0.378 e. The van der Waals surface area contributed by atoms with Crippen molar-refractivity contribution in [3.63, 3.8) is 0 Å². The van der Waals surface area contributed by atoms with Gasteiger partial charge in [-0.1, -0.05) is 30.3 Å². The molecule has 0 aliphatic heterocycles. The molecule has 0 N–H and O–H groups in total. The summed E-state index contributed by atoms with van der Waals surface area (Å²) in [5.41, 5.74) is 2.88. The summed E-state index contributed by atoms with van der Waals surface area (Å²) in [5.74, 6) is 0.508. The number of rotatable bonds is 5. The number of nitrogens with zero attached hydrogens (tertiary/aromatic N) is 3. The lowest BCUT2D eigenvalue weighted by atomic mass is 10.0. The van der Waals surface area contributed by atoms with Gasteiger partial charge in [-0.15, -0.1) is 11.6 Å². The predicted molar refractivity (Wildman–Crippen MR) is 101 cm³/mol. The normalized spacial score (nSPS) is 11.0. The molecular weight excluding hydrogens is 322 g/mol. The first-order valence-corrected chi connectivity index (χ1v) is 8.49. The fourth-order valence-electron chi connectivity index (χ4n) is 2.73. The van der Waals surface area contributed by atoms with Crippen LogP contribution < -0.4 is 10.5 Å². The highest BCUT2D eigenvalue weighted by molar-refractivity contribution is 6.17. The Labute approximate surface area is 146 Å². The van der Waals surface area contributed by atoms with Crippen LogP contribution in [0.25, 0.3) is 22.0 Å². The molecule has 0 fully saturated rings. The predicted octanol–water partition coefficient (Wildman–Crippen LogP) is 3.76. The van der Waals surface area contributed by atoms with Crippen LogP contribution in [0, 0.1) is 0 Å². The lowest BCUT2D eigenvalue weighted by Crippen LogP contribution is -2.24. The number of aryl methyl sites for hydroxylation is 1. The van der Waals surface area contributed by atoms with Crippen molar-refractivity contribution in [3.8, 4) is 11.3 Å². The molecule has 5 heteroatoms. The summed E-state index contributed by atoms with van der Waals surface area (Å²) in [6, 6.07) is 15.8. The van der Waals surface area contributed by atoms with Gasteiger partial charge < -0.3 is 4.90 Å². The van der Waals surface area contributed by atoms with Crippen molar-refractivity contribution in [2.24, 2.45) is 0 Å². The number of halogens is 1. The van der Waals surface area contributed by atoms with E-state index in [1.165, 1.54) is 4.68 Å². The van der Waals surface area contributed by atoms with E-state index in [0.717, 1.165) is 22.3 Å². The van der Waals surface area contributed by atoms with Gasteiger partial charge >= 0.3 is 0 Å². The van der Waals surface area contributed by atoms with Crippen LogP contribution in [0.5, 0.6) is 0 Å². The molecule has 0 radical (unpaired) electrons. The molecular formula is C19H20ClN3O. The second kappa shape index (κ2) is 7.05. The van der Waals surface area contributed by atoms with Crippen LogP contribution in [0.1, 0.15) is 6.42 Å². The number of hydrogen-bond acceptors (Lipinski definition) is 3. The van der Waals surface area contributed by atoms with E-state index in [1.807, 2.05) is 50.5 Å². The van der Waals surface area contributed by atoms with Gasteiger partial charge in [0, 0.05) is 43.2 Å². The van der Waals surface area contributed by atoms with Gasteiger partial charge in [-0.05, 0) is 24.6 Å². The maximum absolute atomic E-state index is 12.6. The van der Waals surface area contributed by atoms with Crippen molar-refractivity contribution in [3.05, 3.63) is 58.9 Å². The first-order chi connectivity index (χ1) is 11.6. The second-order valence-corrected chi connectivity index (χ2v) is 6.28. The lowest BCUT2D eigenvalue weighted by molar-refractivity contribution is 0.578. The number of fused-ring (bicyclic) bond motifs is 1. The van der Waals surface area contributed by atoms with Crippen molar-refractivity contribution >= 4 is 28.1 Å². The molecule has 0 bridgehead atoms. The Morgan fingerprint density at radius 1 is 1.04 bits per heavy atom. The van der Waals surface area contributed by atoms with Crippen molar-refractivity contribution in [2.45, 2.75) is 13.0 Å². The lowest BCUT2D eigenvalue weighted by Gasteiger charge is -2.14. The van der Waals surface area contributed by atoms with E-state index >= 15 is 0 Å². The van der Waals surface area contributed by atoms with E-state index in [9.17, 15) is 4.79 Å². The molecule has 0 spiro atoms. The zero-order chi connectivity index (χ0) is 17.1. The van der Waals surface area contributed by atoms with E-state index < -0.39 is 0 Å². The Kier molecular flexibility index (Phi) is 4.86. The average molecular weight is 342 g/mol. The minimum atomic E-state index is -0.0654. The molecule has 0 amide bonds. The third kappa shape index (κ3) is 3.15. The van der Waals surface area contributed by atoms with E-state index in [1.54, 1.807) is 0 Å². The SMILES string of the molecule is CN(C)c1ccc(-c2nn(CCCCl)c(=O)c3ccccc23)cc1. The summed E-state index contributed by atoms with van der Waals surface area (Å²) in [6.07, 6.45) is 0.714. The Morgan fingerprint density at radius 2 is 1.71 bits per heavy atom. The first kappa shape index (κ1) is 16.5. The number of hydrogen-bond donors (Lipinski definition) is 0. The van der Waals surface area contributed by atoms with Crippen LogP contribution in [0.15, 0.2) is 53.3 Å². The van der Waals surface area contributed by atoms with Crippen LogP contribution in [0.3, 0.4) is 0 Å². The van der Waals surface area contributed by atoms with Crippen LogP contribution in [-0.2, 0) is 6.54 Å². The van der Waals surface area contributed by atoms with Gasteiger partial charge in [-0.2, -0.15) is 5.10 Å². The zero-order valence-electron chi connectivity index (χ0n) is 13.9. The summed E-state index contributed by atoms with van der Waals surface area (Å²) in [6.45, 7) is 0.524. The van der Waals surface area contributed by atoms with Crippen molar-refractivity contribution < 1.29 is 0 Å². The summed E-state index contributed by atoms with van der Waals surface area (Å²) in [5, 5.41) is 6.18. The third-order valence-corrected chi connectivity index (χ3v) is 4.30. The molecule has 2 aromatic carbocycles. The van der Waals surface area contributed by atoms with Gasteiger partial charge in [0.2, 0.25) is 0 Å². The molecule has 0 saturated carbocycles. The molecule has 3 rings (SSSR count). The highest BCUT2D eigenvalue weighted by Crippen LogP contribution is 2.26. The second-order valence-electron chi connectivity index (χ2n) is 5.91. The van der Waals surface area contributed by atoms with Gasteiger partial charge in [0.15, 0.2) is 0 Å². The summed E-state index contributed by atoms with van der Waals surface area (Å²) < 4.78 is 1.53. The van der Waals surface area contributed by atoms with Crippen molar-refractivity contribution in [1.82, 2.24) is 9.78 Å². The Balaban J connectivity index is 2.18. The molecule has 0 unspecified atom stereocenters. The fraction of sp³-hybridized carbons (Fsp3) is 0.263. The molecule has 0 aliphatic carbocycles. The Hall–Kier alpha value is -2.33. The summed E-state index contributed by atoms with van der Waals surface area (Å²) >= 11 is 5.78. The van der Waals surface area contributed by atoms with E-state index in [-0.39, 0.29) is 5.56 Å². The van der Waals surface area contributed by atoms with Crippen LogP contribution >= 0.6 is 11.6 Å². The minimum Gasteiger partial charge on any atom is -0.378 e. The molecule has 1 heterocycles. The van der Waals surface area contributed by atoms with E-state index in [2.05, 4.69) is 22.1 Å². The van der Waals surface area contributed by atoms with E-state index in [0.29, 0.717) is 24.2 Å². The molecule has 124 valence electrons. The molecule has 0 saturated heterocycles. The maximum Gasteiger partial charge on any atom is 0.274 e. The summed E-state index contributed by atoms with van der Waals surface area (Å²) in [4.78, 5) is 14.7. The first-order valence-electron chi connectivity index (χ1n) is 7.95. The molecule has 0 atom stereocenters.